The summed E-state index contributed by atoms with van der Waals surface area (Å²) in [5, 5.41) is 6.22. The zero-order valence-corrected chi connectivity index (χ0v) is 8.60. The van der Waals surface area contributed by atoms with E-state index in [1.165, 1.54) is 6.42 Å². The molecule has 13 heavy (non-hydrogen) atoms. The van der Waals surface area contributed by atoms with Crippen LogP contribution < -0.4 is 10.6 Å². The van der Waals surface area contributed by atoms with Gasteiger partial charge in [-0.3, -0.25) is 4.79 Å². The predicted molar refractivity (Wildman–Crippen MR) is 53.5 cm³/mol. The van der Waals surface area contributed by atoms with Crippen molar-refractivity contribution in [1.82, 2.24) is 10.6 Å². The molecule has 1 unspecified atom stereocenters. The van der Waals surface area contributed by atoms with Gasteiger partial charge in [0.2, 0.25) is 5.91 Å². The molecule has 1 aliphatic rings. The third-order valence-corrected chi connectivity index (χ3v) is 2.60. The lowest BCUT2D eigenvalue weighted by Gasteiger charge is -2.28. The number of hydrogen-bond donors (Lipinski definition) is 2. The molecular formula is C10H20N2O. The van der Waals surface area contributed by atoms with Crippen molar-refractivity contribution in [3.8, 4) is 0 Å². The molecule has 2 N–H and O–H groups in total. The maximum Gasteiger partial charge on any atom is 0.219 e. The third-order valence-electron chi connectivity index (χ3n) is 2.60. The zero-order valence-electron chi connectivity index (χ0n) is 8.60. The van der Waals surface area contributed by atoms with Gasteiger partial charge in [0.1, 0.15) is 0 Å². The van der Waals surface area contributed by atoms with E-state index in [2.05, 4.69) is 17.6 Å². The number of hydrogen-bond acceptors (Lipinski definition) is 2. The molecule has 1 saturated heterocycles. The largest absolute Gasteiger partial charge is 0.354 e. The Labute approximate surface area is 80.3 Å². The Bertz CT molecular complexity index is 166. The van der Waals surface area contributed by atoms with Crippen LogP contribution in [0.5, 0.6) is 0 Å². The minimum Gasteiger partial charge on any atom is -0.354 e. The SMILES string of the molecule is CCC(=O)NC(C)CCC1CNC1. The van der Waals surface area contributed by atoms with E-state index in [-0.39, 0.29) is 5.91 Å². The summed E-state index contributed by atoms with van der Waals surface area (Å²) < 4.78 is 0. The van der Waals surface area contributed by atoms with E-state index in [4.69, 9.17) is 0 Å². The molecule has 0 radical (unpaired) electrons. The van der Waals surface area contributed by atoms with Crippen LogP contribution in [0.25, 0.3) is 0 Å². The number of carbonyl (C=O) groups is 1. The molecule has 1 fully saturated rings. The molecule has 3 nitrogen and oxygen atoms in total. The Morgan fingerprint density at radius 2 is 2.31 bits per heavy atom. The second-order valence-electron chi connectivity index (χ2n) is 3.92. The van der Waals surface area contributed by atoms with Crippen molar-refractivity contribution >= 4 is 5.91 Å². The third kappa shape index (κ3) is 3.77. The number of carbonyl (C=O) groups excluding carboxylic acids is 1. The molecular weight excluding hydrogens is 164 g/mol. The highest BCUT2D eigenvalue weighted by Gasteiger charge is 2.17. The smallest absolute Gasteiger partial charge is 0.219 e. The van der Waals surface area contributed by atoms with Crippen LogP contribution in [0.2, 0.25) is 0 Å². The number of nitrogens with one attached hydrogen (secondary N) is 2. The maximum atomic E-state index is 11.0. The van der Waals surface area contributed by atoms with Crippen LogP contribution in [0.4, 0.5) is 0 Å². The van der Waals surface area contributed by atoms with Crippen LogP contribution >= 0.6 is 0 Å². The fourth-order valence-corrected chi connectivity index (χ4v) is 1.49. The molecule has 1 heterocycles. The van der Waals surface area contributed by atoms with Crippen molar-refractivity contribution in [3.05, 3.63) is 0 Å². The van der Waals surface area contributed by atoms with Gasteiger partial charge >= 0.3 is 0 Å². The highest BCUT2D eigenvalue weighted by molar-refractivity contribution is 5.75. The van der Waals surface area contributed by atoms with Gasteiger partial charge in [-0.25, -0.2) is 0 Å². The van der Waals surface area contributed by atoms with Crippen molar-refractivity contribution in [2.45, 2.75) is 39.2 Å². The van der Waals surface area contributed by atoms with Gasteiger partial charge in [0.05, 0.1) is 0 Å². The molecule has 1 rings (SSSR count). The molecule has 3 heteroatoms. The lowest BCUT2D eigenvalue weighted by molar-refractivity contribution is -0.121. The zero-order chi connectivity index (χ0) is 9.68. The quantitative estimate of drug-likeness (QED) is 0.666. The van der Waals surface area contributed by atoms with Crippen LogP contribution in [0.1, 0.15) is 33.1 Å². The van der Waals surface area contributed by atoms with Gasteiger partial charge in [0, 0.05) is 12.5 Å². The first-order chi connectivity index (χ1) is 6.22. The minimum atomic E-state index is 0.166. The summed E-state index contributed by atoms with van der Waals surface area (Å²) in [6.07, 6.45) is 2.94. The van der Waals surface area contributed by atoms with E-state index in [1.807, 2.05) is 6.92 Å². The fourth-order valence-electron chi connectivity index (χ4n) is 1.49. The molecule has 1 amide bonds. The maximum absolute atomic E-state index is 11.0. The van der Waals surface area contributed by atoms with Crippen molar-refractivity contribution < 1.29 is 4.79 Å². The van der Waals surface area contributed by atoms with Gasteiger partial charge in [-0.1, -0.05) is 6.92 Å². The Hall–Kier alpha value is -0.570. The summed E-state index contributed by atoms with van der Waals surface area (Å²) in [4.78, 5) is 11.0. The van der Waals surface area contributed by atoms with Gasteiger partial charge in [0.15, 0.2) is 0 Å². The Morgan fingerprint density at radius 3 is 2.77 bits per heavy atom. The van der Waals surface area contributed by atoms with Crippen LogP contribution in [-0.4, -0.2) is 25.0 Å². The average Bonchev–Trinajstić information content (AvgIpc) is 2.01. The lowest BCUT2D eigenvalue weighted by Crippen LogP contribution is -2.43. The molecule has 0 aromatic rings. The second kappa shape index (κ2) is 5.22. The molecule has 0 aliphatic carbocycles. The molecule has 1 aliphatic heterocycles. The van der Waals surface area contributed by atoms with Crippen LogP contribution in [-0.2, 0) is 4.79 Å². The van der Waals surface area contributed by atoms with Gasteiger partial charge in [-0.2, -0.15) is 0 Å². The highest BCUT2D eigenvalue weighted by Crippen LogP contribution is 2.12. The molecule has 0 bridgehead atoms. The standard InChI is InChI=1S/C10H20N2O/c1-3-10(13)12-8(2)4-5-9-6-11-7-9/h8-9,11H,3-7H2,1-2H3,(H,12,13). The van der Waals surface area contributed by atoms with E-state index in [0.717, 1.165) is 25.4 Å². The van der Waals surface area contributed by atoms with E-state index < -0.39 is 0 Å². The summed E-state index contributed by atoms with van der Waals surface area (Å²) in [6, 6.07) is 0.341. The number of rotatable bonds is 5. The van der Waals surface area contributed by atoms with Gasteiger partial charge < -0.3 is 10.6 Å². The lowest BCUT2D eigenvalue weighted by atomic mass is 9.95. The summed E-state index contributed by atoms with van der Waals surface area (Å²) in [5.41, 5.74) is 0. The first-order valence-corrected chi connectivity index (χ1v) is 5.22. The number of amides is 1. The molecule has 0 aromatic carbocycles. The molecule has 0 spiro atoms. The van der Waals surface area contributed by atoms with E-state index in [9.17, 15) is 4.79 Å². The summed E-state index contributed by atoms with van der Waals surface area (Å²) in [7, 11) is 0. The van der Waals surface area contributed by atoms with Crippen molar-refractivity contribution in [2.75, 3.05) is 13.1 Å². The monoisotopic (exact) mass is 184 g/mol. The first-order valence-electron chi connectivity index (χ1n) is 5.22. The molecule has 1 atom stereocenters. The van der Waals surface area contributed by atoms with E-state index in [1.54, 1.807) is 0 Å². The van der Waals surface area contributed by atoms with E-state index >= 15 is 0 Å². The van der Waals surface area contributed by atoms with E-state index in [0.29, 0.717) is 12.5 Å². The normalized spacial score (nSPS) is 19.2. The summed E-state index contributed by atoms with van der Waals surface area (Å²) in [5.74, 6) is 1.01. The Morgan fingerprint density at radius 1 is 1.62 bits per heavy atom. The van der Waals surface area contributed by atoms with Gasteiger partial charge in [-0.05, 0) is 38.8 Å². The van der Waals surface area contributed by atoms with Crippen molar-refractivity contribution in [1.29, 1.82) is 0 Å². The summed E-state index contributed by atoms with van der Waals surface area (Å²) >= 11 is 0. The van der Waals surface area contributed by atoms with Crippen LogP contribution in [0.15, 0.2) is 0 Å². The first kappa shape index (κ1) is 10.5. The second-order valence-corrected chi connectivity index (χ2v) is 3.92. The average molecular weight is 184 g/mol. The Kier molecular flexibility index (Phi) is 4.22. The molecule has 76 valence electrons. The van der Waals surface area contributed by atoms with Gasteiger partial charge in [0.25, 0.3) is 0 Å². The summed E-state index contributed by atoms with van der Waals surface area (Å²) in [6.45, 7) is 6.29. The highest BCUT2D eigenvalue weighted by atomic mass is 16.1. The Balaban J connectivity index is 2.02. The van der Waals surface area contributed by atoms with Crippen LogP contribution in [0, 0.1) is 5.92 Å². The minimum absolute atomic E-state index is 0.166. The van der Waals surface area contributed by atoms with Crippen LogP contribution in [0.3, 0.4) is 0 Å². The van der Waals surface area contributed by atoms with Crippen molar-refractivity contribution in [2.24, 2.45) is 5.92 Å². The predicted octanol–water partition coefficient (Wildman–Crippen LogP) is 0.901. The molecule has 0 aromatic heterocycles. The van der Waals surface area contributed by atoms with Crippen molar-refractivity contribution in [3.63, 3.8) is 0 Å². The topological polar surface area (TPSA) is 41.1 Å². The van der Waals surface area contributed by atoms with Gasteiger partial charge in [-0.15, -0.1) is 0 Å². The fraction of sp³-hybridized carbons (Fsp3) is 0.900. The molecule has 0 saturated carbocycles.